The van der Waals surface area contributed by atoms with Crippen LogP contribution < -0.4 is 9.47 Å². The molecule has 134 valence electrons. The number of hydrogen-bond donors (Lipinski definition) is 0. The lowest BCUT2D eigenvalue weighted by molar-refractivity contribution is 0.211. The van der Waals surface area contributed by atoms with E-state index in [2.05, 4.69) is 28.1 Å². The predicted octanol–water partition coefficient (Wildman–Crippen LogP) is 3.37. The number of hydrogen-bond acceptors (Lipinski definition) is 5. The van der Waals surface area contributed by atoms with E-state index in [1.165, 1.54) is 11.1 Å². The zero-order valence-electron chi connectivity index (χ0n) is 15.2. The van der Waals surface area contributed by atoms with E-state index in [0.29, 0.717) is 0 Å². The van der Waals surface area contributed by atoms with Gasteiger partial charge in [-0.15, -0.1) is 0 Å². The van der Waals surface area contributed by atoms with Gasteiger partial charge in [-0.25, -0.2) is 0 Å². The standard InChI is InChI=1S/C21H23N3O2/c1-25-19-6-5-15(10-20(19)26-2)13-24-14-17(16-4-3-9-23-12-16)18(11-22)21(24)7-8-21/h3-6,9-10,12,17-18H,7-8,13-14H2,1-2H3/t17-,18-/m0/s1. The SMILES string of the molecule is COc1ccc(CN2C[C@@H](c3cccnc3)[C@H](C#N)C23CC3)cc1OC. The quantitative estimate of drug-likeness (QED) is 0.828. The molecule has 5 heteroatoms. The molecule has 0 unspecified atom stereocenters. The topological polar surface area (TPSA) is 58.4 Å². The molecule has 2 heterocycles. The van der Waals surface area contributed by atoms with Crippen molar-refractivity contribution < 1.29 is 9.47 Å². The van der Waals surface area contributed by atoms with Gasteiger partial charge in [-0.1, -0.05) is 12.1 Å². The summed E-state index contributed by atoms with van der Waals surface area (Å²) < 4.78 is 10.8. The molecule has 2 aliphatic rings. The minimum absolute atomic E-state index is 0.0163. The van der Waals surface area contributed by atoms with Crippen LogP contribution in [0.2, 0.25) is 0 Å². The van der Waals surface area contributed by atoms with Crippen molar-refractivity contribution in [1.82, 2.24) is 9.88 Å². The average molecular weight is 349 g/mol. The van der Waals surface area contributed by atoms with Gasteiger partial charge < -0.3 is 9.47 Å². The summed E-state index contributed by atoms with van der Waals surface area (Å²) in [6, 6.07) is 12.7. The molecule has 1 aliphatic carbocycles. The first-order chi connectivity index (χ1) is 12.7. The van der Waals surface area contributed by atoms with Gasteiger partial charge in [0.2, 0.25) is 0 Å². The molecule has 1 spiro atoms. The summed E-state index contributed by atoms with van der Waals surface area (Å²) in [7, 11) is 3.30. The van der Waals surface area contributed by atoms with E-state index in [9.17, 15) is 5.26 Å². The number of benzene rings is 1. The zero-order valence-corrected chi connectivity index (χ0v) is 15.2. The number of pyridine rings is 1. The van der Waals surface area contributed by atoms with Crippen molar-refractivity contribution in [2.75, 3.05) is 20.8 Å². The van der Waals surface area contributed by atoms with Crippen molar-refractivity contribution in [2.24, 2.45) is 5.92 Å². The lowest BCUT2D eigenvalue weighted by atomic mass is 9.86. The lowest BCUT2D eigenvalue weighted by Crippen LogP contribution is -2.34. The van der Waals surface area contributed by atoms with Crippen molar-refractivity contribution in [3.8, 4) is 17.6 Å². The number of aromatic nitrogens is 1. The van der Waals surface area contributed by atoms with Crippen LogP contribution in [0.5, 0.6) is 11.5 Å². The summed E-state index contributed by atoms with van der Waals surface area (Å²) in [6.45, 7) is 1.70. The Labute approximate surface area is 154 Å². The summed E-state index contributed by atoms with van der Waals surface area (Å²) in [4.78, 5) is 6.74. The summed E-state index contributed by atoms with van der Waals surface area (Å²) in [5.74, 6) is 1.72. The average Bonchev–Trinajstić information content (AvgIpc) is 3.42. The highest BCUT2D eigenvalue weighted by molar-refractivity contribution is 5.43. The van der Waals surface area contributed by atoms with Crippen molar-refractivity contribution in [3.63, 3.8) is 0 Å². The van der Waals surface area contributed by atoms with Gasteiger partial charge in [-0.05, 0) is 42.2 Å². The Bertz CT molecular complexity index is 827. The molecule has 2 aromatic rings. The van der Waals surface area contributed by atoms with Gasteiger partial charge in [-0.2, -0.15) is 5.26 Å². The maximum Gasteiger partial charge on any atom is 0.161 e. The van der Waals surface area contributed by atoms with E-state index in [1.54, 1.807) is 20.4 Å². The first-order valence-corrected chi connectivity index (χ1v) is 8.97. The molecular formula is C21H23N3O2. The molecular weight excluding hydrogens is 326 g/mol. The Morgan fingerprint density at radius 3 is 2.65 bits per heavy atom. The second kappa shape index (κ2) is 6.62. The van der Waals surface area contributed by atoms with Crippen LogP contribution in [0.15, 0.2) is 42.7 Å². The maximum atomic E-state index is 9.87. The van der Waals surface area contributed by atoms with Crippen LogP contribution in [0, 0.1) is 17.2 Å². The highest BCUT2D eigenvalue weighted by atomic mass is 16.5. The fourth-order valence-electron chi connectivity index (χ4n) is 4.38. The first-order valence-electron chi connectivity index (χ1n) is 8.97. The van der Waals surface area contributed by atoms with E-state index in [4.69, 9.17) is 9.47 Å². The van der Waals surface area contributed by atoms with Gasteiger partial charge >= 0.3 is 0 Å². The molecule has 1 aromatic carbocycles. The van der Waals surface area contributed by atoms with Gasteiger partial charge in [0.15, 0.2) is 11.5 Å². The van der Waals surface area contributed by atoms with E-state index in [-0.39, 0.29) is 17.4 Å². The minimum atomic E-state index is 0.0163. The molecule has 0 bridgehead atoms. The monoisotopic (exact) mass is 349 g/mol. The van der Waals surface area contributed by atoms with Gasteiger partial charge in [-0.3, -0.25) is 9.88 Å². The van der Waals surface area contributed by atoms with Crippen molar-refractivity contribution in [2.45, 2.75) is 30.8 Å². The highest BCUT2D eigenvalue weighted by Crippen LogP contribution is 2.58. The first kappa shape index (κ1) is 16.9. The van der Waals surface area contributed by atoms with Gasteiger partial charge in [0.05, 0.1) is 26.2 Å². The number of likely N-dealkylation sites (tertiary alicyclic amines) is 1. The van der Waals surface area contributed by atoms with Crippen LogP contribution in [-0.4, -0.2) is 36.2 Å². The molecule has 1 saturated carbocycles. The van der Waals surface area contributed by atoms with E-state index in [0.717, 1.165) is 37.4 Å². The number of nitrogens with zero attached hydrogens (tertiary/aromatic N) is 3. The summed E-state index contributed by atoms with van der Waals surface area (Å²) in [6.07, 6.45) is 5.88. The fraction of sp³-hybridized carbons (Fsp3) is 0.429. The third-order valence-corrected chi connectivity index (χ3v) is 5.86. The smallest absolute Gasteiger partial charge is 0.161 e. The Morgan fingerprint density at radius 2 is 2.04 bits per heavy atom. The molecule has 1 saturated heterocycles. The minimum Gasteiger partial charge on any atom is -0.493 e. The van der Waals surface area contributed by atoms with Crippen LogP contribution in [0.4, 0.5) is 0 Å². The third-order valence-electron chi connectivity index (χ3n) is 5.86. The van der Waals surface area contributed by atoms with Crippen LogP contribution >= 0.6 is 0 Å². The van der Waals surface area contributed by atoms with Crippen molar-refractivity contribution in [1.29, 1.82) is 5.26 Å². The Morgan fingerprint density at radius 1 is 1.23 bits per heavy atom. The zero-order chi connectivity index (χ0) is 18.1. The number of ether oxygens (including phenoxy) is 2. The largest absolute Gasteiger partial charge is 0.493 e. The Kier molecular flexibility index (Phi) is 4.29. The fourth-order valence-corrected chi connectivity index (χ4v) is 4.38. The normalized spacial score (nSPS) is 23.6. The van der Waals surface area contributed by atoms with Crippen LogP contribution in [0.1, 0.15) is 29.9 Å². The summed E-state index contributed by atoms with van der Waals surface area (Å²) in [5, 5.41) is 9.87. The van der Waals surface area contributed by atoms with Gasteiger partial charge in [0, 0.05) is 36.9 Å². The second-order valence-corrected chi connectivity index (χ2v) is 7.17. The molecule has 0 N–H and O–H groups in total. The molecule has 1 aliphatic heterocycles. The van der Waals surface area contributed by atoms with Crippen LogP contribution in [0.3, 0.4) is 0 Å². The molecule has 26 heavy (non-hydrogen) atoms. The van der Waals surface area contributed by atoms with Crippen LogP contribution in [-0.2, 0) is 6.54 Å². The summed E-state index contributed by atoms with van der Waals surface area (Å²) >= 11 is 0. The van der Waals surface area contributed by atoms with E-state index in [1.807, 2.05) is 24.4 Å². The molecule has 2 fully saturated rings. The number of methoxy groups -OCH3 is 2. The second-order valence-electron chi connectivity index (χ2n) is 7.17. The Balaban J connectivity index is 1.61. The molecule has 0 radical (unpaired) electrons. The van der Waals surface area contributed by atoms with E-state index < -0.39 is 0 Å². The summed E-state index contributed by atoms with van der Waals surface area (Å²) in [5.41, 5.74) is 2.36. The van der Waals surface area contributed by atoms with Crippen molar-refractivity contribution in [3.05, 3.63) is 53.9 Å². The van der Waals surface area contributed by atoms with Crippen LogP contribution in [0.25, 0.3) is 0 Å². The lowest BCUT2D eigenvalue weighted by Gasteiger charge is -2.25. The van der Waals surface area contributed by atoms with Crippen molar-refractivity contribution >= 4 is 0 Å². The highest BCUT2D eigenvalue weighted by Gasteiger charge is 2.61. The van der Waals surface area contributed by atoms with Gasteiger partial charge in [0.25, 0.3) is 0 Å². The predicted molar refractivity (Wildman–Crippen MR) is 98.0 cm³/mol. The molecule has 1 aromatic heterocycles. The molecule has 5 nitrogen and oxygen atoms in total. The third kappa shape index (κ3) is 2.71. The maximum absolute atomic E-state index is 9.87. The van der Waals surface area contributed by atoms with E-state index >= 15 is 0 Å². The number of nitriles is 1. The van der Waals surface area contributed by atoms with Gasteiger partial charge in [0.1, 0.15) is 0 Å². The molecule has 4 rings (SSSR count). The Hall–Kier alpha value is -2.58. The molecule has 2 atom stereocenters. The molecule has 0 amide bonds. The number of rotatable bonds is 5.